The van der Waals surface area contributed by atoms with Gasteiger partial charge in [-0.15, -0.1) is 0 Å². The number of nitriles is 1. The molecule has 5 rings (SSSR count). The molecule has 0 saturated carbocycles. The molecule has 2 atom stereocenters. The molecule has 8 heteroatoms. The number of carbonyl (C=O) groups excluding carboxylic acids is 1. The molecule has 1 aromatic heterocycles. The van der Waals surface area contributed by atoms with Gasteiger partial charge in [0, 0.05) is 66.7 Å². The lowest BCUT2D eigenvalue weighted by Gasteiger charge is -2.43. The number of halogens is 1. The predicted octanol–water partition coefficient (Wildman–Crippen LogP) is 4.43. The van der Waals surface area contributed by atoms with Gasteiger partial charge in [0.2, 0.25) is 0 Å². The molecule has 3 aromatic rings. The van der Waals surface area contributed by atoms with E-state index in [-0.39, 0.29) is 11.8 Å². The lowest BCUT2D eigenvalue weighted by atomic mass is 9.91. The van der Waals surface area contributed by atoms with Crippen LogP contribution in [0.4, 0.5) is 11.4 Å². The third kappa shape index (κ3) is 5.35. The molecule has 180 valence electrons. The number of piperidine rings is 1. The van der Waals surface area contributed by atoms with Gasteiger partial charge in [0.25, 0.3) is 5.91 Å². The Hall–Kier alpha value is -3.31. The third-order valence-electron chi connectivity index (χ3n) is 6.83. The summed E-state index contributed by atoms with van der Waals surface area (Å²) in [5.41, 5.74) is 3.31. The fraction of sp³-hybridized carbons (Fsp3) is 0.333. The number of ether oxygens (including phenoxy) is 1. The lowest BCUT2D eigenvalue weighted by Crippen LogP contribution is -2.53. The van der Waals surface area contributed by atoms with Crippen molar-refractivity contribution in [2.75, 3.05) is 49.6 Å². The standard InChI is InChI=1S/C27H28ClN5O2/c28-22-1-5-24(6-2-22)32-11-9-20(18-32)27(34)30-23-3-7-25(8-4-23)33-12-10-26(21(17-29)19-33)31-13-15-35-16-14-31/h1-9,11,18,21,26H,10,12-16,19H2,(H,30,34). The Morgan fingerprint density at radius 1 is 1.00 bits per heavy atom. The molecule has 0 radical (unpaired) electrons. The highest BCUT2D eigenvalue weighted by Gasteiger charge is 2.34. The second-order valence-corrected chi connectivity index (χ2v) is 9.41. The van der Waals surface area contributed by atoms with Crippen LogP contribution in [-0.2, 0) is 4.74 Å². The van der Waals surface area contributed by atoms with E-state index in [1.54, 1.807) is 12.3 Å². The van der Waals surface area contributed by atoms with Crippen molar-refractivity contribution in [3.05, 3.63) is 77.6 Å². The van der Waals surface area contributed by atoms with Gasteiger partial charge in [-0.2, -0.15) is 5.26 Å². The monoisotopic (exact) mass is 489 g/mol. The van der Waals surface area contributed by atoms with Crippen LogP contribution >= 0.6 is 11.6 Å². The molecule has 1 N–H and O–H groups in total. The van der Waals surface area contributed by atoms with E-state index < -0.39 is 0 Å². The quantitative estimate of drug-likeness (QED) is 0.573. The molecule has 2 saturated heterocycles. The number of morpholine rings is 1. The van der Waals surface area contributed by atoms with E-state index in [2.05, 4.69) is 21.2 Å². The Bertz CT molecular complexity index is 1200. The summed E-state index contributed by atoms with van der Waals surface area (Å²) in [6, 6.07) is 19.9. The first kappa shape index (κ1) is 23.4. The molecule has 2 aliphatic rings. The van der Waals surface area contributed by atoms with Gasteiger partial charge in [0.1, 0.15) is 0 Å². The number of aromatic nitrogens is 1. The summed E-state index contributed by atoms with van der Waals surface area (Å²) in [4.78, 5) is 17.4. The minimum atomic E-state index is -0.165. The molecule has 3 heterocycles. The Morgan fingerprint density at radius 2 is 1.71 bits per heavy atom. The van der Waals surface area contributed by atoms with Gasteiger partial charge in [-0.05, 0) is 61.0 Å². The van der Waals surface area contributed by atoms with E-state index >= 15 is 0 Å². The zero-order valence-electron chi connectivity index (χ0n) is 19.4. The lowest BCUT2D eigenvalue weighted by molar-refractivity contribution is 0.00402. The largest absolute Gasteiger partial charge is 0.379 e. The number of carbonyl (C=O) groups is 1. The van der Waals surface area contributed by atoms with Crippen LogP contribution in [0.15, 0.2) is 67.0 Å². The van der Waals surface area contributed by atoms with E-state index in [9.17, 15) is 10.1 Å². The summed E-state index contributed by atoms with van der Waals surface area (Å²) < 4.78 is 7.36. The van der Waals surface area contributed by atoms with Gasteiger partial charge in [0.15, 0.2) is 0 Å². The van der Waals surface area contributed by atoms with Gasteiger partial charge in [-0.25, -0.2) is 0 Å². The first-order valence-corrected chi connectivity index (χ1v) is 12.3. The van der Waals surface area contributed by atoms with Gasteiger partial charge < -0.3 is 19.5 Å². The maximum Gasteiger partial charge on any atom is 0.257 e. The topological polar surface area (TPSA) is 73.5 Å². The molecular weight excluding hydrogens is 462 g/mol. The number of rotatable bonds is 5. The third-order valence-corrected chi connectivity index (χ3v) is 7.08. The predicted molar refractivity (Wildman–Crippen MR) is 137 cm³/mol. The zero-order valence-corrected chi connectivity index (χ0v) is 20.2. The fourth-order valence-corrected chi connectivity index (χ4v) is 5.04. The normalized spacial score (nSPS) is 20.9. The molecule has 0 aliphatic carbocycles. The highest BCUT2D eigenvalue weighted by molar-refractivity contribution is 6.30. The van der Waals surface area contributed by atoms with E-state index in [0.717, 1.165) is 56.3 Å². The minimum absolute atomic E-state index is 0.0362. The van der Waals surface area contributed by atoms with E-state index in [0.29, 0.717) is 23.2 Å². The summed E-state index contributed by atoms with van der Waals surface area (Å²) in [5, 5.41) is 13.4. The van der Waals surface area contributed by atoms with Gasteiger partial charge in [-0.1, -0.05) is 11.6 Å². The molecule has 0 bridgehead atoms. The molecule has 2 unspecified atom stereocenters. The summed E-state index contributed by atoms with van der Waals surface area (Å²) >= 11 is 5.96. The summed E-state index contributed by atoms with van der Waals surface area (Å²) in [6.07, 6.45) is 4.61. The van der Waals surface area contributed by atoms with E-state index in [4.69, 9.17) is 16.3 Å². The SMILES string of the molecule is N#CC1CN(c2ccc(NC(=O)c3ccn(-c4ccc(Cl)cc4)c3)cc2)CCC1N1CCOCC1. The number of benzene rings is 2. The molecule has 2 aromatic carbocycles. The van der Waals surface area contributed by atoms with Crippen LogP contribution in [0.1, 0.15) is 16.8 Å². The average molecular weight is 490 g/mol. The Morgan fingerprint density at radius 3 is 2.43 bits per heavy atom. The van der Waals surface area contributed by atoms with Gasteiger partial charge in [0.05, 0.1) is 30.8 Å². The van der Waals surface area contributed by atoms with Crippen molar-refractivity contribution in [1.82, 2.24) is 9.47 Å². The van der Waals surface area contributed by atoms with Gasteiger partial charge >= 0.3 is 0 Å². The van der Waals surface area contributed by atoms with Crippen molar-refractivity contribution in [2.24, 2.45) is 5.92 Å². The second kappa shape index (κ2) is 10.5. The molecule has 7 nitrogen and oxygen atoms in total. The van der Waals surface area contributed by atoms with Crippen molar-refractivity contribution >= 4 is 28.9 Å². The molecule has 35 heavy (non-hydrogen) atoms. The molecular formula is C27H28ClN5O2. The maximum absolute atomic E-state index is 12.8. The molecule has 2 aliphatic heterocycles. The molecule has 2 fully saturated rings. The number of amides is 1. The molecule has 1 amide bonds. The zero-order chi connectivity index (χ0) is 24.2. The van der Waals surface area contributed by atoms with Crippen LogP contribution in [0, 0.1) is 17.2 Å². The number of anilines is 2. The molecule has 0 spiro atoms. The number of hydrogen-bond donors (Lipinski definition) is 1. The highest BCUT2D eigenvalue weighted by Crippen LogP contribution is 2.28. The number of nitrogens with zero attached hydrogens (tertiary/aromatic N) is 4. The maximum atomic E-state index is 12.8. The van der Waals surface area contributed by atoms with Crippen molar-refractivity contribution < 1.29 is 9.53 Å². The van der Waals surface area contributed by atoms with Crippen LogP contribution in [0.2, 0.25) is 5.02 Å². The van der Waals surface area contributed by atoms with E-state index in [1.807, 2.05) is 59.3 Å². The van der Waals surface area contributed by atoms with Crippen LogP contribution in [0.5, 0.6) is 0 Å². The summed E-state index contributed by atoms with van der Waals surface area (Å²) in [5.74, 6) is -0.202. The van der Waals surface area contributed by atoms with Crippen molar-refractivity contribution in [3.8, 4) is 11.8 Å². The van der Waals surface area contributed by atoms with Crippen molar-refractivity contribution in [3.63, 3.8) is 0 Å². The minimum Gasteiger partial charge on any atom is -0.379 e. The fourth-order valence-electron chi connectivity index (χ4n) is 4.91. The van der Waals surface area contributed by atoms with Crippen molar-refractivity contribution in [1.29, 1.82) is 5.26 Å². The average Bonchev–Trinajstić information content (AvgIpc) is 3.40. The van der Waals surface area contributed by atoms with Crippen molar-refractivity contribution in [2.45, 2.75) is 12.5 Å². The Kier molecular flexibility index (Phi) is 7.05. The number of nitrogens with one attached hydrogen (secondary N) is 1. The first-order chi connectivity index (χ1) is 17.1. The smallest absolute Gasteiger partial charge is 0.257 e. The van der Waals surface area contributed by atoms with Crippen LogP contribution in [0.3, 0.4) is 0 Å². The van der Waals surface area contributed by atoms with Gasteiger partial charge in [-0.3, -0.25) is 9.69 Å². The summed E-state index contributed by atoms with van der Waals surface area (Å²) in [7, 11) is 0. The Balaban J connectivity index is 1.20. The van der Waals surface area contributed by atoms with E-state index in [1.165, 1.54) is 0 Å². The second-order valence-electron chi connectivity index (χ2n) is 8.97. The number of hydrogen-bond acceptors (Lipinski definition) is 5. The summed E-state index contributed by atoms with van der Waals surface area (Å²) in [6.45, 7) is 4.92. The first-order valence-electron chi connectivity index (χ1n) is 11.9. The van der Waals surface area contributed by atoms with Crippen LogP contribution < -0.4 is 10.2 Å². The Labute approximate surface area is 210 Å². The van der Waals surface area contributed by atoms with Crippen LogP contribution in [0.25, 0.3) is 5.69 Å². The highest BCUT2D eigenvalue weighted by atomic mass is 35.5. The van der Waals surface area contributed by atoms with Crippen LogP contribution in [-0.4, -0.2) is 60.8 Å².